The number of hydrogen-bond donors (Lipinski definition) is 0. The highest BCUT2D eigenvalue weighted by Crippen LogP contribution is 2.16. The lowest BCUT2D eigenvalue weighted by Gasteiger charge is -2.05. The van der Waals surface area contributed by atoms with Crippen molar-refractivity contribution in [3.8, 4) is 0 Å². The molecular formula is C13H17NO2S. The van der Waals surface area contributed by atoms with Gasteiger partial charge in [0.2, 0.25) is 0 Å². The van der Waals surface area contributed by atoms with Gasteiger partial charge in [-0.05, 0) is 30.4 Å². The average Bonchev–Trinajstić information content (AvgIpc) is 2.34. The van der Waals surface area contributed by atoms with Crippen molar-refractivity contribution in [2.24, 2.45) is 5.16 Å². The Kier molecular flexibility index (Phi) is 5.77. The van der Waals surface area contributed by atoms with Gasteiger partial charge < -0.3 is 4.84 Å². The minimum absolute atomic E-state index is 0.390. The monoisotopic (exact) mass is 251 g/mol. The van der Waals surface area contributed by atoms with E-state index in [1.807, 2.05) is 30.5 Å². The van der Waals surface area contributed by atoms with Crippen LogP contribution in [0.3, 0.4) is 0 Å². The van der Waals surface area contributed by atoms with E-state index in [4.69, 9.17) is 4.84 Å². The molecule has 0 unspecified atom stereocenters. The number of carbonyl (C=O) groups excluding carboxylic acids is 1. The molecule has 1 aromatic carbocycles. The number of hydrogen-bond acceptors (Lipinski definition) is 4. The summed E-state index contributed by atoms with van der Waals surface area (Å²) < 4.78 is 0. The molecule has 0 aliphatic carbocycles. The third-order valence-electron chi connectivity index (χ3n) is 2.19. The van der Waals surface area contributed by atoms with E-state index in [2.05, 4.69) is 12.1 Å². The summed E-state index contributed by atoms with van der Waals surface area (Å²) in [6.07, 6.45) is 3.80. The van der Waals surface area contributed by atoms with E-state index in [-0.39, 0.29) is 5.97 Å². The summed E-state index contributed by atoms with van der Waals surface area (Å²) in [5.74, 6) is -0.390. The number of rotatable bonds is 5. The van der Waals surface area contributed by atoms with Crippen molar-refractivity contribution < 1.29 is 9.63 Å². The highest BCUT2D eigenvalue weighted by Gasteiger charge is 2.04. The molecule has 4 heteroatoms. The van der Waals surface area contributed by atoms with Crippen molar-refractivity contribution >= 4 is 23.4 Å². The summed E-state index contributed by atoms with van der Waals surface area (Å²) in [5.41, 5.74) is 1.82. The van der Waals surface area contributed by atoms with Crippen molar-refractivity contribution in [2.75, 3.05) is 6.26 Å². The molecule has 0 radical (unpaired) electrons. The molecule has 0 spiro atoms. The van der Waals surface area contributed by atoms with E-state index in [1.54, 1.807) is 11.8 Å². The summed E-state index contributed by atoms with van der Waals surface area (Å²) >= 11 is 1.70. The van der Waals surface area contributed by atoms with Crippen LogP contribution in [0.4, 0.5) is 0 Å². The lowest BCUT2D eigenvalue weighted by molar-refractivity contribution is -0.140. The van der Waals surface area contributed by atoms with Gasteiger partial charge in [0.25, 0.3) is 0 Å². The topological polar surface area (TPSA) is 38.7 Å². The van der Waals surface area contributed by atoms with E-state index < -0.39 is 0 Å². The lowest BCUT2D eigenvalue weighted by atomic mass is 10.1. The second kappa shape index (κ2) is 7.12. The molecule has 3 nitrogen and oxygen atoms in total. The summed E-state index contributed by atoms with van der Waals surface area (Å²) in [6.45, 7) is 3.42. The van der Waals surface area contributed by atoms with Crippen LogP contribution in [0.15, 0.2) is 34.3 Å². The zero-order valence-electron chi connectivity index (χ0n) is 10.4. The normalized spacial score (nSPS) is 11.4. The highest BCUT2D eigenvalue weighted by molar-refractivity contribution is 7.98. The average molecular weight is 251 g/mol. The van der Waals surface area contributed by atoms with Crippen LogP contribution in [0, 0.1) is 0 Å². The summed E-state index contributed by atoms with van der Waals surface area (Å²) in [6, 6.07) is 8.09. The largest absolute Gasteiger partial charge is 0.331 e. The molecule has 92 valence electrons. The Morgan fingerprint density at radius 2 is 2.00 bits per heavy atom. The van der Waals surface area contributed by atoms with Crippen LogP contribution in [0.25, 0.3) is 0 Å². The van der Waals surface area contributed by atoms with Gasteiger partial charge in [0.15, 0.2) is 0 Å². The Labute approximate surface area is 106 Å². The maximum Gasteiger partial charge on any atom is 0.331 e. The van der Waals surface area contributed by atoms with Gasteiger partial charge in [-0.15, -0.1) is 11.8 Å². The van der Waals surface area contributed by atoms with Gasteiger partial charge in [-0.25, -0.2) is 4.79 Å². The Hall–Kier alpha value is -1.29. The molecule has 0 saturated heterocycles. The minimum Gasteiger partial charge on any atom is -0.318 e. The molecule has 0 heterocycles. The van der Waals surface area contributed by atoms with Gasteiger partial charge >= 0.3 is 5.97 Å². The van der Waals surface area contributed by atoms with Crippen LogP contribution < -0.4 is 0 Å². The van der Waals surface area contributed by atoms with E-state index in [0.717, 1.165) is 24.1 Å². The van der Waals surface area contributed by atoms with E-state index in [0.29, 0.717) is 0 Å². The molecule has 0 fully saturated rings. The Morgan fingerprint density at radius 1 is 1.35 bits per heavy atom. The molecule has 0 amide bonds. The third-order valence-corrected chi connectivity index (χ3v) is 2.94. The lowest BCUT2D eigenvalue weighted by Crippen LogP contribution is -2.03. The van der Waals surface area contributed by atoms with Crippen molar-refractivity contribution in [1.29, 1.82) is 0 Å². The van der Waals surface area contributed by atoms with E-state index in [9.17, 15) is 4.79 Å². The number of carbonyl (C=O) groups is 1. The van der Waals surface area contributed by atoms with Gasteiger partial charge in [0.05, 0.1) is 5.71 Å². The van der Waals surface area contributed by atoms with Gasteiger partial charge in [-0.2, -0.15) is 0 Å². The first-order valence-electron chi connectivity index (χ1n) is 5.56. The van der Waals surface area contributed by atoms with Gasteiger partial charge in [0, 0.05) is 11.8 Å². The first-order valence-corrected chi connectivity index (χ1v) is 6.78. The molecule has 0 N–H and O–H groups in total. The highest BCUT2D eigenvalue weighted by atomic mass is 32.2. The van der Waals surface area contributed by atoms with Crippen LogP contribution >= 0.6 is 11.8 Å². The van der Waals surface area contributed by atoms with Crippen molar-refractivity contribution in [2.45, 2.75) is 31.6 Å². The van der Waals surface area contributed by atoms with E-state index >= 15 is 0 Å². The zero-order chi connectivity index (χ0) is 12.7. The maximum atomic E-state index is 10.8. The summed E-state index contributed by atoms with van der Waals surface area (Å²) in [4.78, 5) is 16.7. The smallest absolute Gasteiger partial charge is 0.318 e. The molecule has 0 aliphatic rings. The quantitative estimate of drug-likeness (QED) is 0.348. The minimum atomic E-state index is -0.390. The van der Waals surface area contributed by atoms with Crippen LogP contribution in [0.5, 0.6) is 0 Å². The molecule has 0 bridgehead atoms. The molecule has 0 aliphatic heterocycles. The molecule has 1 rings (SSSR count). The molecule has 1 aromatic rings. The van der Waals surface area contributed by atoms with Gasteiger partial charge in [-0.1, -0.05) is 30.6 Å². The maximum absolute atomic E-state index is 10.8. The Morgan fingerprint density at radius 3 is 2.47 bits per heavy atom. The first kappa shape index (κ1) is 13.8. The zero-order valence-corrected chi connectivity index (χ0v) is 11.2. The van der Waals surface area contributed by atoms with Crippen molar-refractivity contribution in [3.63, 3.8) is 0 Å². The molecule has 0 saturated carbocycles. The van der Waals surface area contributed by atoms with Gasteiger partial charge in [0.1, 0.15) is 0 Å². The first-order chi connectivity index (χ1) is 8.17. The molecule has 0 aromatic heterocycles. The van der Waals surface area contributed by atoms with Crippen LogP contribution in [-0.4, -0.2) is 17.9 Å². The van der Waals surface area contributed by atoms with Crippen molar-refractivity contribution in [1.82, 2.24) is 0 Å². The fraction of sp³-hybridized carbons (Fsp3) is 0.385. The van der Waals surface area contributed by atoms with Crippen molar-refractivity contribution in [3.05, 3.63) is 29.8 Å². The predicted octanol–water partition coefficient (Wildman–Crippen LogP) is 3.48. The SMILES string of the molecule is CCCC(=NOC(C)=O)c1ccc(SC)cc1. The number of oxime groups is 1. The second-order valence-corrected chi connectivity index (χ2v) is 4.48. The summed E-state index contributed by atoms with van der Waals surface area (Å²) in [7, 11) is 0. The van der Waals surface area contributed by atoms with Gasteiger partial charge in [-0.3, -0.25) is 0 Å². The molecular weight excluding hydrogens is 234 g/mol. The third kappa shape index (κ3) is 4.61. The fourth-order valence-corrected chi connectivity index (χ4v) is 1.79. The fourth-order valence-electron chi connectivity index (χ4n) is 1.38. The Balaban J connectivity index is 2.88. The van der Waals surface area contributed by atoms with Crippen LogP contribution in [0.1, 0.15) is 32.3 Å². The summed E-state index contributed by atoms with van der Waals surface area (Å²) in [5, 5.41) is 3.90. The van der Waals surface area contributed by atoms with E-state index in [1.165, 1.54) is 11.8 Å². The second-order valence-electron chi connectivity index (χ2n) is 3.60. The number of thioether (sulfide) groups is 1. The molecule has 0 atom stereocenters. The van der Waals surface area contributed by atoms with Crippen LogP contribution in [-0.2, 0) is 9.63 Å². The predicted molar refractivity (Wildman–Crippen MR) is 71.4 cm³/mol. The number of benzene rings is 1. The number of nitrogens with zero attached hydrogens (tertiary/aromatic N) is 1. The molecule has 17 heavy (non-hydrogen) atoms. The van der Waals surface area contributed by atoms with Crippen LogP contribution in [0.2, 0.25) is 0 Å². The standard InChI is InChI=1S/C13H17NO2S/c1-4-5-13(14-16-10(2)15)11-6-8-12(17-3)9-7-11/h6-9H,4-5H2,1-3H3. The Bertz CT molecular complexity index is 398.